The highest BCUT2D eigenvalue weighted by atomic mass is 127. The first-order chi connectivity index (χ1) is 14.1. The van der Waals surface area contributed by atoms with Crippen LogP contribution in [0.3, 0.4) is 0 Å². The molecule has 2 aromatic rings. The van der Waals surface area contributed by atoms with Crippen molar-refractivity contribution in [1.82, 2.24) is 10.2 Å². The lowest BCUT2D eigenvalue weighted by Crippen LogP contribution is -2.41. The third-order valence-corrected chi connectivity index (χ3v) is 5.32. The summed E-state index contributed by atoms with van der Waals surface area (Å²) in [5.74, 6) is 0.111. The number of rotatable bonds is 7. The molecule has 30 heavy (non-hydrogen) atoms. The normalized spacial score (nSPS) is 17.5. The minimum atomic E-state index is -0.556. The van der Waals surface area contributed by atoms with Crippen LogP contribution in [0.4, 0.5) is 8.78 Å². The first-order valence-corrected chi connectivity index (χ1v) is 10.1. The van der Waals surface area contributed by atoms with Crippen LogP contribution >= 0.6 is 24.0 Å². The molecule has 2 unspecified atom stereocenters. The van der Waals surface area contributed by atoms with Crippen molar-refractivity contribution in [3.8, 4) is 0 Å². The molecule has 1 fully saturated rings. The number of guanidine groups is 1. The van der Waals surface area contributed by atoms with Gasteiger partial charge < -0.3 is 15.0 Å². The first kappa shape index (κ1) is 24.5. The summed E-state index contributed by atoms with van der Waals surface area (Å²) in [5, 5.41) is 3.33. The number of hydrogen-bond acceptors (Lipinski definition) is 2. The van der Waals surface area contributed by atoms with Crippen molar-refractivity contribution in [2.45, 2.75) is 25.9 Å². The van der Waals surface area contributed by atoms with E-state index in [1.807, 2.05) is 25.1 Å². The molecule has 1 heterocycles. The Kier molecular flexibility index (Phi) is 9.97. The number of halogens is 3. The number of benzene rings is 2. The number of likely N-dealkylation sites (tertiary alicyclic amines) is 1. The molecule has 1 N–H and O–H groups in total. The van der Waals surface area contributed by atoms with Crippen LogP contribution in [-0.2, 0) is 11.3 Å². The fourth-order valence-electron chi connectivity index (χ4n) is 3.67. The second kappa shape index (κ2) is 12.2. The predicted molar refractivity (Wildman–Crippen MR) is 127 cm³/mol. The molecule has 0 aromatic heterocycles. The van der Waals surface area contributed by atoms with E-state index in [-0.39, 0.29) is 29.9 Å². The van der Waals surface area contributed by atoms with Gasteiger partial charge in [0.05, 0.1) is 13.2 Å². The Hall–Kier alpha value is -1.74. The summed E-state index contributed by atoms with van der Waals surface area (Å²) in [5.41, 5.74) is 1.69. The Balaban J connectivity index is 0.00000320. The van der Waals surface area contributed by atoms with Crippen molar-refractivity contribution < 1.29 is 13.5 Å². The van der Waals surface area contributed by atoms with Crippen LogP contribution in [0, 0.1) is 17.6 Å². The molecular formula is C23H30F2IN3O. The van der Waals surface area contributed by atoms with Gasteiger partial charge in [0.1, 0.15) is 11.6 Å². The summed E-state index contributed by atoms with van der Waals surface area (Å²) in [7, 11) is 1.75. The maximum Gasteiger partial charge on any atom is 0.193 e. The number of nitrogens with one attached hydrogen (secondary N) is 1. The van der Waals surface area contributed by atoms with Crippen molar-refractivity contribution in [3.63, 3.8) is 0 Å². The minimum Gasteiger partial charge on any atom is -0.376 e. The van der Waals surface area contributed by atoms with E-state index < -0.39 is 11.6 Å². The number of nitrogens with zero attached hydrogens (tertiary/aromatic N) is 2. The second-order valence-electron chi connectivity index (χ2n) is 7.60. The minimum absolute atomic E-state index is 0. The molecule has 2 atom stereocenters. The largest absolute Gasteiger partial charge is 0.376 e. The lowest BCUT2D eigenvalue weighted by atomic mass is 10.0. The van der Waals surface area contributed by atoms with Crippen LogP contribution in [0.2, 0.25) is 0 Å². The van der Waals surface area contributed by atoms with E-state index in [4.69, 9.17) is 4.74 Å². The van der Waals surface area contributed by atoms with E-state index in [9.17, 15) is 8.78 Å². The van der Waals surface area contributed by atoms with Gasteiger partial charge in [0.2, 0.25) is 0 Å². The van der Waals surface area contributed by atoms with Crippen molar-refractivity contribution in [1.29, 1.82) is 0 Å². The predicted octanol–water partition coefficient (Wildman–Crippen LogP) is 4.80. The Bertz CT molecular complexity index is 819. The Morgan fingerprint density at radius 1 is 1.23 bits per heavy atom. The zero-order valence-corrected chi connectivity index (χ0v) is 19.8. The highest BCUT2D eigenvalue weighted by molar-refractivity contribution is 14.0. The maximum atomic E-state index is 14.0. The first-order valence-electron chi connectivity index (χ1n) is 10.1. The summed E-state index contributed by atoms with van der Waals surface area (Å²) in [4.78, 5) is 6.58. The average Bonchev–Trinajstić information content (AvgIpc) is 3.18. The molecule has 0 aliphatic carbocycles. The number of hydrogen-bond donors (Lipinski definition) is 1. The summed E-state index contributed by atoms with van der Waals surface area (Å²) in [6.45, 7) is 5.60. The molecule has 3 rings (SSSR count). The van der Waals surface area contributed by atoms with E-state index in [1.54, 1.807) is 7.05 Å². The standard InChI is InChI=1S/C23H29F2N3O.HI/c1-17(21-9-8-20(24)12-22(21)25)13-27-23(26-2)28-11-10-19(14-28)16-29-15-18-6-4-3-5-7-18;/h3-9,12,17,19H,10-11,13-16H2,1-2H3,(H,26,27);1H. The lowest BCUT2D eigenvalue weighted by Gasteiger charge is -2.23. The smallest absolute Gasteiger partial charge is 0.193 e. The summed E-state index contributed by atoms with van der Waals surface area (Å²) in [6.07, 6.45) is 1.05. The van der Waals surface area contributed by atoms with Crippen LogP contribution in [0.1, 0.15) is 30.4 Å². The van der Waals surface area contributed by atoms with Gasteiger partial charge in [0, 0.05) is 44.6 Å². The van der Waals surface area contributed by atoms with Crippen molar-refractivity contribution in [2.24, 2.45) is 10.9 Å². The Morgan fingerprint density at radius 3 is 2.70 bits per heavy atom. The molecule has 0 saturated carbocycles. The van der Waals surface area contributed by atoms with Gasteiger partial charge in [-0.3, -0.25) is 4.99 Å². The van der Waals surface area contributed by atoms with Crippen LogP contribution in [0.5, 0.6) is 0 Å². The average molecular weight is 529 g/mol. The number of aliphatic imine (C=N–C) groups is 1. The zero-order valence-electron chi connectivity index (χ0n) is 17.5. The van der Waals surface area contributed by atoms with Gasteiger partial charge in [-0.1, -0.05) is 43.3 Å². The Labute approximate surface area is 194 Å². The molecule has 1 aliphatic rings. The molecule has 0 spiro atoms. The lowest BCUT2D eigenvalue weighted by molar-refractivity contribution is 0.0906. The van der Waals surface area contributed by atoms with Crippen molar-refractivity contribution >= 4 is 29.9 Å². The van der Waals surface area contributed by atoms with Crippen molar-refractivity contribution in [2.75, 3.05) is 33.3 Å². The molecular weight excluding hydrogens is 499 g/mol. The van der Waals surface area contributed by atoms with Crippen molar-refractivity contribution in [3.05, 3.63) is 71.3 Å². The third-order valence-electron chi connectivity index (χ3n) is 5.32. The molecule has 0 amide bonds. The van der Waals surface area contributed by atoms with E-state index in [2.05, 4.69) is 27.3 Å². The van der Waals surface area contributed by atoms with Gasteiger partial charge in [0.15, 0.2) is 5.96 Å². The molecule has 164 valence electrons. The van der Waals surface area contributed by atoms with Crippen LogP contribution in [0.25, 0.3) is 0 Å². The zero-order chi connectivity index (χ0) is 20.6. The highest BCUT2D eigenvalue weighted by Crippen LogP contribution is 2.20. The molecule has 2 aromatic carbocycles. The van der Waals surface area contributed by atoms with Crippen LogP contribution in [-0.4, -0.2) is 44.1 Å². The van der Waals surface area contributed by atoms with Gasteiger partial charge in [-0.2, -0.15) is 0 Å². The quantitative estimate of drug-likeness (QED) is 0.318. The molecule has 1 saturated heterocycles. The van der Waals surface area contributed by atoms with E-state index in [1.165, 1.54) is 17.7 Å². The highest BCUT2D eigenvalue weighted by Gasteiger charge is 2.25. The Morgan fingerprint density at radius 2 is 2.00 bits per heavy atom. The topological polar surface area (TPSA) is 36.9 Å². The van der Waals surface area contributed by atoms with Crippen LogP contribution in [0.15, 0.2) is 53.5 Å². The second-order valence-corrected chi connectivity index (χ2v) is 7.60. The van der Waals surface area contributed by atoms with Gasteiger partial charge in [0.25, 0.3) is 0 Å². The van der Waals surface area contributed by atoms with Gasteiger partial charge in [-0.05, 0) is 23.6 Å². The molecule has 7 heteroatoms. The summed E-state index contributed by atoms with van der Waals surface area (Å²) >= 11 is 0. The van der Waals surface area contributed by atoms with Gasteiger partial charge >= 0.3 is 0 Å². The van der Waals surface area contributed by atoms with E-state index in [0.717, 1.165) is 38.1 Å². The van der Waals surface area contributed by atoms with Crippen LogP contribution < -0.4 is 5.32 Å². The summed E-state index contributed by atoms with van der Waals surface area (Å²) in [6, 6.07) is 13.9. The maximum absolute atomic E-state index is 14.0. The number of ether oxygens (including phenoxy) is 1. The SMILES string of the molecule is CN=C(NCC(C)c1ccc(F)cc1F)N1CCC(COCc2ccccc2)C1.I. The monoisotopic (exact) mass is 529 g/mol. The molecule has 0 radical (unpaired) electrons. The van der Waals surface area contributed by atoms with Gasteiger partial charge in [-0.25, -0.2) is 8.78 Å². The molecule has 4 nitrogen and oxygen atoms in total. The molecule has 1 aliphatic heterocycles. The summed E-state index contributed by atoms with van der Waals surface area (Å²) < 4.78 is 33.0. The van der Waals surface area contributed by atoms with E-state index >= 15 is 0 Å². The van der Waals surface area contributed by atoms with Gasteiger partial charge in [-0.15, -0.1) is 24.0 Å². The fourth-order valence-corrected chi connectivity index (χ4v) is 3.67. The van der Waals surface area contributed by atoms with E-state index in [0.29, 0.717) is 24.6 Å². The molecule has 0 bridgehead atoms. The third kappa shape index (κ3) is 6.91. The fraction of sp³-hybridized carbons (Fsp3) is 0.435.